The van der Waals surface area contributed by atoms with Gasteiger partial charge in [0.05, 0.1) is 23.3 Å². The van der Waals surface area contributed by atoms with Crippen molar-refractivity contribution in [3.63, 3.8) is 0 Å². The highest BCUT2D eigenvalue weighted by Gasteiger charge is 2.28. The number of hydrogen-bond donors (Lipinski definition) is 1. The fourth-order valence-corrected chi connectivity index (χ4v) is 5.73. The summed E-state index contributed by atoms with van der Waals surface area (Å²) in [6.07, 6.45) is 3.06. The first-order valence-corrected chi connectivity index (χ1v) is 13.3. The molecule has 37 heavy (non-hydrogen) atoms. The van der Waals surface area contributed by atoms with E-state index in [9.17, 15) is 18.0 Å². The van der Waals surface area contributed by atoms with Gasteiger partial charge in [-0.1, -0.05) is 6.07 Å². The molecule has 0 unspecified atom stereocenters. The summed E-state index contributed by atoms with van der Waals surface area (Å²) >= 11 is 0. The van der Waals surface area contributed by atoms with Crippen LogP contribution in [-0.4, -0.2) is 62.2 Å². The molecule has 0 spiro atoms. The predicted molar refractivity (Wildman–Crippen MR) is 135 cm³/mol. The van der Waals surface area contributed by atoms with E-state index in [1.54, 1.807) is 4.68 Å². The van der Waals surface area contributed by atoms with Crippen LogP contribution in [0.1, 0.15) is 60.3 Å². The van der Waals surface area contributed by atoms with Gasteiger partial charge in [0.15, 0.2) is 0 Å². The van der Waals surface area contributed by atoms with Crippen LogP contribution < -0.4 is 5.32 Å². The van der Waals surface area contributed by atoms with Crippen molar-refractivity contribution in [2.75, 3.05) is 19.6 Å². The van der Waals surface area contributed by atoms with E-state index in [1.165, 1.54) is 0 Å². The lowest BCUT2D eigenvalue weighted by Crippen LogP contribution is -2.38. The normalized spacial score (nSPS) is 21.1. The zero-order valence-corrected chi connectivity index (χ0v) is 21.3. The zero-order chi connectivity index (χ0) is 26.0. The average molecular weight is 517 g/mol. The molecule has 0 radical (unpaired) electrons. The second-order valence-electron chi connectivity index (χ2n) is 10.6. The molecule has 3 aromatic rings. The number of rotatable bonds is 7. The first kappa shape index (κ1) is 25.8. The van der Waals surface area contributed by atoms with Crippen molar-refractivity contribution < 1.29 is 18.0 Å². The highest BCUT2D eigenvalue weighted by Crippen LogP contribution is 2.28. The van der Waals surface area contributed by atoms with Gasteiger partial charge >= 0.3 is 6.18 Å². The first-order chi connectivity index (χ1) is 17.7. The number of nitrogens with zero attached hydrogens (tertiary/aromatic N) is 5. The quantitative estimate of drug-likeness (QED) is 0.502. The van der Waals surface area contributed by atoms with E-state index < -0.39 is 12.6 Å². The summed E-state index contributed by atoms with van der Waals surface area (Å²) in [5.41, 5.74) is 3.10. The summed E-state index contributed by atoms with van der Waals surface area (Å²) in [5.74, 6) is 0.634. The number of amides is 1. The number of fused-ring (bicyclic) bond motifs is 2. The van der Waals surface area contributed by atoms with E-state index in [2.05, 4.69) is 20.4 Å². The first-order valence-electron chi connectivity index (χ1n) is 13.3. The van der Waals surface area contributed by atoms with E-state index in [0.29, 0.717) is 17.2 Å². The minimum atomic E-state index is -4.14. The Hall–Kier alpha value is -2.88. The molecule has 200 valence electrons. The largest absolute Gasteiger partial charge is 0.389 e. The average Bonchev–Trinajstić information content (AvgIpc) is 3.39. The van der Waals surface area contributed by atoms with Crippen molar-refractivity contribution >= 4 is 16.8 Å². The molecule has 2 aliphatic rings. The molecular formula is C27H35F3N6O. The van der Waals surface area contributed by atoms with Crippen LogP contribution in [0.25, 0.3) is 10.9 Å². The zero-order valence-electron chi connectivity index (χ0n) is 21.3. The molecule has 3 heterocycles. The highest BCUT2D eigenvalue weighted by molar-refractivity contribution is 6.06. The minimum Gasteiger partial charge on any atom is -0.349 e. The third kappa shape index (κ3) is 6.52. The summed E-state index contributed by atoms with van der Waals surface area (Å²) < 4.78 is 41.2. The molecule has 0 bridgehead atoms. The standard InChI is InChI=1S/C27H35F3N6O/c1-34-18-24-23(3-2-4-25(24)33-34)26(37)31-20-7-5-19(6-8-20)10-13-35-14-11-22-17-21(9-12-27(28,29)30)32-36(22)16-15-35/h2-4,17-20H,5-16H2,1H3,(H,31,37)/t19-,20-. The van der Waals surface area contributed by atoms with Gasteiger partial charge in [-0.3, -0.25) is 14.2 Å². The summed E-state index contributed by atoms with van der Waals surface area (Å²) in [6.45, 7) is 3.54. The Bertz CT molecular complexity index is 1200. The number of aryl methyl sites for hydroxylation is 2. The van der Waals surface area contributed by atoms with Crippen molar-refractivity contribution in [1.82, 2.24) is 29.8 Å². The molecule has 10 heteroatoms. The van der Waals surface area contributed by atoms with Gasteiger partial charge in [0, 0.05) is 62.7 Å². The van der Waals surface area contributed by atoms with Crippen LogP contribution in [0.3, 0.4) is 0 Å². The van der Waals surface area contributed by atoms with Crippen molar-refractivity contribution in [3.05, 3.63) is 47.4 Å². The molecule has 1 aromatic carbocycles. The van der Waals surface area contributed by atoms with Gasteiger partial charge in [0.25, 0.3) is 5.91 Å². The molecule has 0 saturated heterocycles. The third-order valence-electron chi connectivity index (χ3n) is 7.84. The number of halogens is 3. The second-order valence-corrected chi connectivity index (χ2v) is 10.6. The Kier molecular flexibility index (Phi) is 7.55. The van der Waals surface area contributed by atoms with E-state index in [4.69, 9.17) is 0 Å². The van der Waals surface area contributed by atoms with Crippen LogP contribution in [0.15, 0.2) is 30.5 Å². The molecular weight excluding hydrogens is 481 g/mol. The molecule has 0 atom stereocenters. The van der Waals surface area contributed by atoms with Crippen molar-refractivity contribution in [1.29, 1.82) is 0 Å². The third-order valence-corrected chi connectivity index (χ3v) is 7.84. The van der Waals surface area contributed by atoms with Gasteiger partial charge in [-0.05, 0) is 62.8 Å². The summed E-state index contributed by atoms with van der Waals surface area (Å²) in [7, 11) is 1.86. The Labute approximate surface area is 215 Å². The van der Waals surface area contributed by atoms with E-state index in [-0.39, 0.29) is 18.4 Å². The number of carbonyl (C=O) groups is 1. The summed E-state index contributed by atoms with van der Waals surface area (Å²) in [5, 5.41) is 12.9. The lowest BCUT2D eigenvalue weighted by Gasteiger charge is -2.30. The van der Waals surface area contributed by atoms with Gasteiger partial charge in [-0.2, -0.15) is 23.4 Å². The van der Waals surface area contributed by atoms with Crippen LogP contribution in [-0.2, 0) is 26.4 Å². The topological polar surface area (TPSA) is 68.0 Å². The fraction of sp³-hybridized carbons (Fsp3) is 0.593. The fourth-order valence-electron chi connectivity index (χ4n) is 5.73. The Morgan fingerprint density at radius 1 is 1.11 bits per heavy atom. The van der Waals surface area contributed by atoms with Crippen molar-refractivity contribution in [3.8, 4) is 0 Å². The number of nitrogens with one attached hydrogen (secondary N) is 1. The van der Waals surface area contributed by atoms with E-state index in [0.717, 1.165) is 81.3 Å². The molecule has 1 amide bonds. The van der Waals surface area contributed by atoms with Crippen LogP contribution in [0.4, 0.5) is 13.2 Å². The van der Waals surface area contributed by atoms with Gasteiger partial charge < -0.3 is 10.2 Å². The molecule has 1 aliphatic heterocycles. The van der Waals surface area contributed by atoms with Gasteiger partial charge in [0.2, 0.25) is 0 Å². The van der Waals surface area contributed by atoms with Crippen LogP contribution in [0.2, 0.25) is 0 Å². The number of benzene rings is 1. The summed E-state index contributed by atoms with van der Waals surface area (Å²) in [4.78, 5) is 15.4. The maximum Gasteiger partial charge on any atom is 0.389 e. The molecule has 1 saturated carbocycles. The van der Waals surface area contributed by atoms with Crippen LogP contribution in [0.5, 0.6) is 0 Å². The SMILES string of the molecule is Cn1cc2c(C(=O)N[C@H]3CC[C@H](CCN4CCc5cc(CCC(F)(F)F)nn5CC4)CC3)cccc2n1. The van der Waals surface area contributed by atoms with E-state index >= 15 is 0 Å². The number of hydrogen-bond acceptors (Lipinski definition) is 4. The van der Waals surface area contributed by atoms with Crippen molar-refractivity contribution in [2.24, 2.45) is 13.0 Å². The minimum absolute atomic E-state index is 0.0225. The Morgan fingerprint density at radius 3 is 2.70 bits per heavy atom. The molecule has 1 N–H and O–H groups in total. The Balaban J connectivity index is 1.04. The van der Waals surface area contributed by atoms with Crippen LogP contribution >= 0.6 is 0 Å². The molecule has 5 rings (SSSR count). The predicted octanol–water partition coefficient (Wildman–Crippen LogP) is 4.50. The molecule has 7 nitrogen and oxygen atoms in total. The van der Waals surface area contributed by atoms with Gasteiger partial charge in [-0.15, -0.1) is 0 Å². The van der Waals surface area contributed by atoms with E-state index in [1.807, 2.05) is 42.2 Å². The van der Waals surface area contributed by atoms with Gasteiger partial charge in [-0.25, -0.2) is 0 Å². The number of alkyl halides is 3. The van der Waals surface area contributed by atoms with Crippen LogP contribution in [0, 0.1) is 5.92 Å². The highest BCUT2D eigenvalue weighted by atomic mass is 19.4. The Morgan fingerprint density at radius 2 is 1.92 bits per heavy atom. The smallest absolute Gasteiger partial charge is 0.349 e. The maximum atomic E-state index is 12.9. The number of carbonyl (C=O) groups excluding carboxylic acids is 1. The second kappa shape index (κ2) is 10.8. The molecule has 2 aromatic heterocycles. The van der Waals surface area contributed by atoms with Crippen molar-refractivity contribution in [2.45, 2.75) is 70.1 Å². The molecule has 1 aliphatic carbocycles. The lowest BCUT2D eigenvalue weighted by atomic mass is 9.84. The number of aromatic nitrogens is 4. The maximum absolute atomic E-state index is 12.9. The van der Waals surface area contributed by atoms with Gasteiger partial charge in [0.1, 0.15) is 0 Å². The molecule has 1 fully saturated rings. The summed E-state index contributed by atoms with van der Waals surface area (Å²) in [6, 6.07) is 7.72. The monoisotopic (exact) mass is 516 g/mol. The lowest BCUT2D eigenvalue weighted by molar-refractivity contribution is -0.134.